The zero-order valence-corrected chi connectivity index (χ0v) is 8.26. The Hall–Kier alpha value is -0.0400. The SMILES string of the molecule is CN(CC1CCC1)CC1CCC1. The highest BCUT2D eigenvalue weighted by Gasteiger charge is 2.22. The first-order valence-electron chi connectivity index (χ1n) is 5.53. The summed E-state index contributed by atoms with van der Waals surface area (Å²) in [6.45, 7) is 2.74. The fraction of sp³-hybridized carbons (Fsp3) is 1.00. The summed E-state index contributed by atoms with van der Waals surface area (Å²) in [5.74, 6) is 2.10. The maximum Gasteiger partial charge on any atom is 0.000672 e. The fourth-order valence-electron chi connectivity index (χ4n) is 2.31. The van der Waals surface area contributed by atoms with Gasteiger partial charge in [-0.05, 0) is 44.6 Å². The molecule has 1 heteroatoms. The van der Waals surface area contributed by atoms with Crippen LogP contribution in [0.25, 0.3) is 0 Å². The molecule has 0 aliphatic heterocycles. The number of rotatable bonds is 4. The first kappa shape index (κ1) is 8.55. The van der Waals surface area contributed by atoms with Gasteiger partial charge in [-0.15, -0.1) is 0 Å². The van der Waals surface area contributed by atoms with Gasteiger partial charge in [0.05, 0.1) is 0 Å². The van der Waals surface area contributed by atoms with Gasteiger partial charge in [-0.1, -0.05) is 12.8 Å². The van der Waals surface area contributed by atoms with Crippen LogP contribution >= 0.6 is 0 Å². The van der Waals surface area contributed by atoms with Gasteiger partial charge in [-0.3, -0.25) is 0 Å². The van der Waals surface area contributed by atoms with E-state index in [1.807, 2.05) is 0 Å². The van der Waals surface area contributed by atoms with Crippen molar-refractivity contribution >= 4 is 0 Å². The number of nitrogens with zero attached hydrogens (tertiary/aromatic N) is 1. The molecule has 70 valence electrons. The van der Waals surface area contributed by atoms with E-state index in [1.54, 1.807) is 0 Å². The molecule has 0 bridgehead atoms. The third-order valence-corrected chi connectivity index (χ3v) is 3.59. The molecule has 2 aliphatic carbocycles. The lowest BCUT2D eigenvalue weighted by molar-refractivity contribution is 0.155. The third kappa shape index (κ3) is 2.01. The molecule has 0 saturated heterocycles. The Morgan fingerprint density at radius 3 is 1.58 bits per heavy atom. The van der Waals surface area contributed by atoms with E-state index in [-0.39, 0.29) is 0 Å². The molecule has 0 heterocycles. The predicted octanol–water partition coefficient (Wildman–Crippen LogP) is 2.52. The fourth-order valence-corrected chi connectivity index (χ4v) is 2.31. The first-order chi connectivity index (χ1) is 5.84. The lowest BCUT2D eigenvalue weighted by Gasteiger charge is -2.34. The monoisotopic (exact) mass is 167 g/mol. The van der Waals surface area contributed by atoms with Gasteiger partial charge < -0.3 is 4.90 Å². The molecule has 0 radical (unpaired) electrons. The molecule has 1 nitrogen and oxygen atoms in total. The second-order valence-corrected chi connectivity index (χ2v) is 4.82. The van der Waals surface area contributed by atoms with Crippen molar-refractivity contribution in [1.82, 2.24) is 4.90 Å². The quantitative estimate of drug-likeness (QED) is 0.622. The van der Waals surface area contributed by atoms with Crippen LogP contribution in [0.3, 0.4) is 0 Å². The maximum absolute atomic E-state index is 2.56. The molecule has 0 aromatic carbocycles. The Balaban J connectivity index is 1.58. The van der Waals surface area contributed by atoms with Crippen molar-refractivity contribution in [2.45, 2.75) is 38.5 Å². The van der Waals surface area contributed by atoms with Gasteiger partial charge in [-0.2, -0.15) is 0 Å². The zero-order valence-electron chi connectivity index (χ0n) is 8.26. The summed E-state index contributed by atoms with van der Waals surface area (Å²) < 4.78 is 0. The molecule has 2 aliphatic rings. The van der Waals surface area contributed by atoms with Gasteiger partial charge in [0.1, 0.15) is 0 Å². The Bertz CT molecular complexity index is 120. The summed E-state index contributed by atoms with van der Waals surface area (Å²) >= 11 is 0. The second-order valence-electron chi connectivity index (χ2n) is 4.82. The van der Waals surface area contributed by atoms with Gasteiger partial charge in [0.15, 0.2) is 0 Å². The van der Waals surface area contributed by atoms with Crippen molar-refractivity contribution in [2.24, 2.45) is 11.8 Å². The molecule has 2 rings (SSSR count). The van der Waals surface area contributed by atoms with Crippen molar-refractivity contribution in [3.8, 4) is 0 Å². The topological polar surface area (TPSA) is 3.24 Å². The lowest BCUT2D eigenvalue weighted by atomic mass is 9.83. The largest absolute Gasteiger partial charge is 0.306 e. The van der Waals surface area contributed by atoms with Crippen LogP contribution in [0.2, 0.25) is 0 Å². The third-order valence-electron chi connectivity index (χ3n) is 3.59. The van der Waals surface area contributed by atoms with Crippen LogP contribution in [0.1, 0.15) is 38.5 Å². The van der Waals surface area contributed by atoms with E-state index < -0.39 is 0 Å². The molecule has 2 fully saturated rings. The zero-order chi connectivity index (χ0) is 8.39. The van der Waals surface area contributed by atoms with Crippen LogP contribution in [-0.2, 0) is 0 Å². The Kier molecular flexibility index (Phi) is 2.69. The first-order valence-corrected chi connectivity index (χ1v) is 5.53. The standard InChI is InChI=1S/C11H21N/c1-12(8-10-4-2-5-10)9-11-6-3-7-11/h10-11H,2-9H2,1H3. The Morgan fingerprint density at radius 1 is 0.917 bits per heavy atom. The van der Waals surface area contributed by atoms with Gasteiger partial charge in [-0.25, -0.2) is 0 Å². The number of hydrogen-bond acceptors (Lipinski definition) is 1. The smallest absolute Gasteiger partial charge is 0.000672 e. The lowest BCUT2D eigenvalue weighted by Crippen LogP contribution is -2.34. The summed E-state index contributed by atoms with van der Waals surface area (Å²) in [5, 5.41) is 0. The molecule has 12 heavy (non-hydrogen) atoms. The molecule has 0 aromatic heterocycles. The van der Waals surface area contributed by atoms with E-state index >= 15 is 0 Å². The van der Waals surface area contributed by atoms with E-state index in [1.165, 1.54) is 51.6 Å². The van der Waals surface area contributed by atoms with Crippen LogP contribution in [-0.4, -0.2) is 25.0 Å². The van der Waals surface area contributed by atoms with Crippen LogP contribution < -0.4 is 0 Å². The molecular weight excluding hydrogens is 146 g/mol. The van der Waals surface area contributed by atoms with Gasteiger partial charge in [0.2, 0.25) is 0 Å². The molecule has 0 unspecified atom stereocenters. The highest BCUT2D eigenvalue weighted by molar-refractivity contribution is 4.76. The van der Waals surface area contributed by atoms with Crippen molar-refractivity contribution in [3.05, 3.63) is 0 Å². The summed E-state index contributed by atoms with van der Waals surface area (Å²) in [6.07, 6.45) is 8.96. The highest BCUT2D eigenvalue weighted by atomic mass is 15.1. The van der Waals surface area contributed by atoms with Crippen LogP contribution in [0.4, 0.5) is 0 Å². The summed E-state index contributed by atoms with van der Waals surface area (Å²) in [6, 6.07) is 0. The normalized spacial score (nSPS) is 25.5. The van der Waals surface area contributed by atoms with Gasteiger partial charge >= 0.3 is 0 Å². The predicted molar refractivity (Wildman–Crippen MR) is 52.2 cm³/mol. The van der Waals surface area contributed by atoms with Crippen molar-refractivity contribution in [3.63, 3.8) is 0 Å². The van der Waals surface area contributed by atoms with E-state index in [2.05, 4.69) is 11.9 Å². The minimum Gasteiger partial charge on any atom is -0.306 e. The molecular formula is C11H21N. The summed E-state index contributed by atoms with van der Waals surface area (Å²) in [4.78, 5) is 2.56. The average molecular weight is 167 g/mol. The molecule has 0 aromatic rings. The molecule has 0 spiro atoms. The van der Waals surface area contributed by atoms with E-state index in [0.717, 1.165) is 11.8 Å². The summed E-state index contributed by atoms with van der Waals surface area (Å²) in [5.41, 5.74) is 0. The van der Waals surface area contributed by atoms with E-state index in [0.29, 0.717) is 0 Å². The van der Waals surface area contributed by atoms with Crippen LogP contribution in [0.15, 0.2) is 0 Å². The summed E-state index contributed by atoms with van der Waals surface area (Å²) in [7, 11) is 2.30. The van der Waals surface area contributed by atoms with Gasteiger partial charge in [0, 0.05) is 13.1 Å². The second kappa shape index (κ2) is 3.78. The molecule has 0 atom stereocenters. The van der Waals surface area contributed by atoms with E-state index in [4.69, 9.17) is 0 Å². The van der Waals surface area contributed by atoms with Crippen molar-refractivity contribution in [1.29, 1.82) is 0 Å². The average Bonchev–Trinajstić information content (AvgIpc) is 1.89. The maximum atomic E-state index is 2.56. The minimum atomic E-state index is 1.05. The van der Waals surface area contributed by atoms with Crippen molar-refractivity contribution < 1.29 is 0 Å². The molecule has 0 amide bonds. The molecule has 0 N–H and O–H groups in total. The van der Waals surface area contributed by atoms with Crippen LogP contribution in [0, 0.1) is 11.8 Å². The molecule has 2 saturated carbocycles. The Labute approximate surface area is 76.1 Å². The minimum absolute atomic E-state index is 1.05. The highest BCUT2D eigenvalue weighted by Crippen LogP contribution is 2.29. The number of hydrogen-bond donors (Lipinski definition) is 0. The van der Waals surface area contributed by atoms with Gasteiger partial charge in [0.25, 0.3) is 0 Å². The van der Waals surface area contributed by atoms with E-state index in [9.17, 15) is 0 Å². The Morgan fingerprint density at radius 2 is 1.33 bits per heavy atom. The van der Waals surface area contributed by atoms with Crippen molar-refractivity contribution in [2.75, 3.05) is 20.1 Å². The van der Waals surface area contributed by atoms with Crippen LogP contribution in [0.5, 0.6) is 0 Å².